The molecule has 1 N–H and O–H groups in total. The van der Waals surface area contributed by atoms with Gasteiger partial charge in [-0.15, -0.1) is 0 Å². The highest BCUT2D eigenvalue weighted by molar-refractivity contribution is 9.10. The van der Waals surface area contributed by atoms with E-state index in [1.165, 1.54) is 0 Å². The first kappa shape index (κ1) is 12.8. The minimum Gasteiger partial charge on any atom is -0.496 e. The molecule has 0 saturated carbocycles. The summed E-state index contributed by atoms with van der Waals surface area (Å²) in [5.74, 6) is 1.55. The van der Waals surface area contributed by atoms with Crippen molar-refractivity contribution in [1.29, 1.82) is 0 Å². The Balaban J connectivity index is 2.28. The van der Waals surface area contributed by atoms with Crippen molar-refractivity contribution in [1.82, 2.24) is 9.97 Å². The van der Waals surface area contributed by atoms with E-state index in [1.54, 1.807) is 20.2 Å². The number of rotatable bonds is 4. The Kier molecular flexibility index (Phi) is 3.81. The minimum atomic E-state index is 0.0896. The van der Waals surface area contributed by atoms with Gasteiger partial charge in [-0.25, -0.2) is 4.98 Å². The van der Waals surface area contributed by atoms with Crippen LogP contribution in [-0.4, -0.2) is 22.9 Å². The summed E-state index contributed by atoms with van der Waals surface area (Å²) in [7, 11) is 1.63. The first-order valence-corrected chi connectivity index (χ1v) is 6.26. The van der Waals surface area contributed by atoms with Gasteiger partial charge in [-0.05, 0) is 41.1 Å². The zero-order valence-corrected chi connectivity index (χ0v) is 11.7. The standard InChI is InChI=1S/C13H13BrN2O2/c1-8(17)5-13-15-7-11(16-13)9-3-4-12(18-2)10(14)6-9/h3-4,6-7H,5H2,1-2H3,(H,15,16). The van der Waals surface area contributed by atoms with Crippen molar-refractivity contribution in [2.24, 2.45) is 0 Å². The molecule has 0 unspecified atom stereocenters. The number of aromatic amines is 1. The van der Waals surface area contributed by atoms with Crippen molar-refractivity contribution in [3.05, 3.63) is 34.7 Å². The van der Waals surface area contributed by atoms with Crippen LogP contribution in [0.25, 0.3) is 11.3 Å². The third kappa shape index (κ3) is 2.79. The van der Waals surface area contributed by atoms with Crippen molar-refractivity contribution in [2.75, 3.05) is 7.11 Å². The second kappa shape index (κ2) is 5.35. The van der Waals surface area contributed by atoms with E-state index in [1.807, 2.05) is 18.2 Å². The zero-order valence-electron chi connectivity index (χ0n) is 10.2. The van der Waals surface area contributed by atoms with E-state index in [4.69, 9.17) is 4.74 Å². The molecule has 2 rings (SSSR count). The van der Waals surface area contributed by atoms with Gasteiger partial charge in [-0.2, -0.15) is 0 Å². The topological polar surface area (TPSA) is 55.0 Å². The van der Waals surface area contributed by atoms with E-state index >= 15 is 0 Å². The van der Waals surface area contributed by atoms with E-state index in [0.717, 1.165) is 21.5 Å². The third-order valence-electron chi connectivity index (χ3n) is 2.51. The lowest BCUT2D eigenvalue weighted by atomic mass is 10.1. The molecule has 1 heterocycles. The lowest BCUT2D eigenvalue weighted by molar-refractivity contribution is -0.116. The molecule has 0 spiro atoms. The first-order chi connectivity index (χ1) is 8.60. The number of methoxy groups -OCH3 is 1. The largest absolute Gasteiger partial charge is 0.496 e. The van der Waals surface area contributed by atoms with Gasteiger partial charge in [0, 0.05) is 5.56 Å². The zero-order chi connectivity index (χ0) is 13.1. The summed E-state index contributed by atoms with van der Waals surface area (Å²) in [6.07, 6.45) is 2.06. The number of aromatic nitrogens is 2. The van der Waals surface area contributed by atoms with Crippen LogP contribution in [0, 0.1) is 0 Å². The van der Waals surface area contributed by atoms with E-state index < -0.39 is 0 Å². The molecular formula is C13H13BrN2O2. The molecule has 5 heteroatoms. The van der Waals surface area contributed by atoms with Crippen molar-refractivity contribution in [2.45, 2.75) is 13.3 Å². The average Bonchev–Trinajstić information content (AvgIpc) is 2.76. The fourth-order valence-corrected chi connectivity index (χ4v) is 2.21. The quantitative estimate of drug-likeness (QED) is 0.944. The van der Waals surface area contributed by atoms with E-state index in [9.17, 15) is 4.79 Å². The van der Waals surface area contributed by atoms with Crippen LogP contribution in [-0.2, 0) is 11.2 Å². The number of benzene rings is 1. The second-order valence-corrected chi connectivity index (χ2v) is 4.83. The first-order valence-electron chi connectivity index (χ1n) is 5.47. The highest BCUT2D eigenvalue weighted by Crippen LogP contribution is 2.29. The molecule has 94 valence electrons. The van der Waals surface area contributed by atoms with Gasteiger partial charge in [0.05, 0.1) is 29.9 Å². The van der Waals surface area contributed by atoms with Gasteiger partial charge < -0.3 is 9.72 Å². The number of carbonyl (C=O) groups excluding carboxylic acids is 1. The van der Waals surface area contributed by atoms with Crippen LogP contribution >= 0.6 is 15.9 Å². The molecule has 0 radical (unpaired) electrons. The number of hydrogen-bond donors (Lipinski definition) is 1. The molecule has 18 heavy (non-hydrogen) atoms. The van der Waals surface area contributed by atoms with Crippen molar-refractivity contribution < 1.29 is 9.53 Å². The summed E-state index contributed by atoms with van der Waals surface area (Å²) >= 11 is 3.44. The third-order valence-corrected chi connectivity index (χ3v) is 3.13. The average molecular weight is 309 g/mol. The number of H-pyrrole nitrogens is 1. The van der Waals surface area contributed by atoms with Crippen LogP contribution in [0.2, 0.25) is 0 Å². The highest BCUT2D eigenvalue weighted by Gasteiger charge is 2.07. The Bertz CT molecular complexity index is 578. The molecule has 0 aliphatic rings. The molecule has 4 nitrogen and oxygen atoms in total. The molecular weight excluding hydrogens is 296 g/mol. The SMILES string of the molecule is COc1ccc(-c2cnc(CC(C)=O)[nH]2)cc1Br. The van der Waals surface area contributed by atoms with E-state index in [-0.39, 0.29) is 5.78 Å². The number of Topliss-reactive ketones (excluding diaryl/α,β-unsaturated/α-hetero) is 1. The number of ketones is 1. The van der Waals surface area contributed by atoms with E-state index in [0.29, 0.717) is 12.2 Å². The maximum Gasteiger partial charge on any atom is 0.137 e. The normalized spacial score (nSPS) is 10.4. The maximum absolute atomic E-state index is 11.0. The van der Waals surface area contributed by atoms with Crippen molar-refractivity contribution in [3.63, 3.8) is 0 Å². The second-order valence-electron chi connectivity index (χ2n) is 3.97. The Hall–Kier alpha value is -1.62. The van der Waals surface area contributed by atoms with Crippen LogP contribution in [0.15, 0.2) is 28.9 Å². The van der Waals surface area contributed by atoms with Crippen LogP contribution in [0.5, 0.6) is 5.75 Å². The summed E-state index contributed by atoms with van der Waals surface area (Å²) in [6, 6.07) is 5.77. The van der Waals surface area contributed by atoms with Gasteiger partial charge in [-0.3, -0.25) is 4.79 Å². The number of halogens is 1. The molecule has 0 fully saturated rings. The van der Waals surface area contributed by atoms with Crippen molar-refractivity contribution >= 4 is 21.7 Å². The molecule has 0 amide bonds. The van der Waals surface area contributed by atoms with Crippen LogP contribution in [0.3, 0.4) is 0 Å². The Labute approximate surface area is 114 Å². The van der Waals surface area contributed by atoms with Gasteiger partial charge >= 0.3 is 0 Å². The van der Waals surface area contributed by atoms with Crippen LogP contribution < -0.4 is 4.74 Å². The summed E-state index contributed by atoms with van der Waals surface area (Å²) in [6.45, 7) is 1.55. The van der Waals surface area contributed by atoms with Crippen molar-refractivity contribution in [3.8, 4) is 17.0 Å². The Morgan fingerprint density at radius 1 is 1.50 bits per heavy atom. The van der Waals surface area contributed by atoms with Gasteiger partial charge in [-0.1, -0.05) is 0 Å². The number of nitrogens with zero attached hydrogens (tertiary/aromatic N) is 1. The molecule has 1 aromatic carbocycles. The lowest BCUT2D eigenvalue weighted by Crippen LogP contribution is -1.97. The van der Waals surface area contributed by atoms with Gasteiger partial charge in [0.2, 0.25) is 0 Å². The summed E-state index contributed by atoms with van der Waals surface area (Å²) in [5, 5.41) is 0. The predicted molar refractivity (Wildman–Crippen MR) is 72.7 cm³/mol. The van der Waals surface area contributed by atoms with Gasteiger partial charge in [0.15, 0.2) is 0 Å². The summed E-state index contributed by atoms with van der Waals surface area (Å²) in [5.41, 5.74) is 1.87. The maximum atomic E-state index is 11.0. The highest BCUT2D eigenvalue weighted by atomic mass is 79.9. The van der Waals surface area contributed by atoms with Crippen LogP contribution in [0.4, 0.5) is 0 Å². The van der Waals surface area contributed by atoms with Gasteiger partial charge in [0.25, 0.3) is 0 Å². The van der Waals surface area contributed by atoms with E-state index in [2.05, 4.69) is 25.9 Å². The minimum absolute atomic E-state index is 0.0896. The predicted octanol–water partition coefficient (Wildman–Crippen LogP) is 2.98. The molecule has 1 aromatic heterocycles. The molecule has 0 aliphatic heterocycles. The Morgan fingerprint density at radius 3 is 2.89 bits per heavy atom. The number of imidazole rings is 1. The van der Waals surface area contributed by atoms with Crippen LogP contribution in [0.1, 0.15) is 12.7 Å². The lowest BCUT2D eigenvalue weighted by Gasteiger charge is -2.04. The summed E-state index contributed by atoms with van der Waals surface area (Å²) in [4.78, 5) is 18.3. The molecule has 0 saturated heterocycles. The molecule has 0 bridgehead atoms. The molecule has 2 aromatic rings. The number of hydrogen-bond acceptors (Lipinski definition) is 3. The molecule has 0 atom stereocenters. The molecule has 0 aliphatic carbocycles. The monoisotopic (exact) mass is 308 g/mol. The number of ether oxygens (including phenoxy) is 1. The fourth-order valence-electron chi connectivity index (χ4n) is 1.67. The number of carbonyl (C=O) groups is 1. The summed E-state index contributed by atoms with van der Waals surface area (Å²) < 4.78 is 6.06. The number of nitrogens with one attached hydrogen (secondary N) is 1. The smallest absolute Gasteiger partial charge is 0.137 e. The fraction of sp³-hybridized carbons (Fsp3) is 0.231. The Morgan fingerprint density at radius 2 is 2.28 bits per heavy atom. The van der Waals surface area contributed by atoms with Gasteiger partial charge in [0.1, 0.15) is 17.4 Å².